The van der Waals surface area contributed by atoms with Crippen molar-refractivity contribution in [2.45, 2.75) is 166 Å². The fourth-order valence-electron chi connectivity index (χ4n) is 6.88. The number of rotatable bonds is 18. The molecule has 3 amide bonds. The first-order valence-corrected chi connectivity index (χ1v) is 17.4. The van der Waals surface area contributed by atoms with Crippen molar-refractivity contribution >= 4 is 22.3 Å². The predicted molar refractivity (Wildman–Crippen MR) is 156 cm³/mol. The summed E-state index contributed by atoms with van der Waals surface area (Å²) in [5, 5.41) is 0.880. The lowest BCUT2D eigenvalue weighted by Crippen LogP contribution is -2.63. The number of nitrogens with zero attached hydrogens (tertiary/aromatic N) is 2. The van der Waals surface area contributed by atoms with Gasteiger partial charge in [-0.05, 0) is 51.4 Å². The number of hydrogen-bond acceptors (Lipinski definition) is 8. The van der Waals surface area contributed by atoms with Crippen molar-refractivity contribution < 1.29 is 31.3 Å². The van der Waals surface area contributed by atoms with Crippen molar-refractivity contribution in [3.05, 3.63) is 0 Å². The highest BCUT2D eigenvalue weighted by molar-refractivity contribution is 7.81. The zero-order valence-corrected chi connectivity index (χ0v) is 26.5. The van der Waals surface area contributed by atoms with Crippen LogP contribution in [-0.2, 0) is 28.5 Å². The maximum Gasteiger partial charge on any atom is 0.421 e. The first-order valence-electron chi connectivity index (χ1n) is 16.0. The molecule has 2 unspecified atom stereocenters. The minimum atomic E-state index is -4.66. The van der Waals surface area contributed by atoms with E-state index in [1.807, 2.05) is 13.8 Å². The van der Waals surface area contributed by atoms with Crippen LogP contribution in [0.5, 0.6) is 0 Å². The smallest absolute Gasteiger partial charge is 0.323 e. The minimum Gasteiger partial charge on any atom is -0.323 e. The number of urea groups is 1. The molecule has 0 radical (unpaired) electrons. The lowest BCUT2D eigenvalue weighted by molar-refractivity contribution is -0.145. The molecule has 2 saturated heterocycles. The Morgan fingerprint density at radius 2 is 1.59 bits per heavy atom. The molecular weight excluding hydrogens is 548 g/mol. The number of amides is 3. The normalized spacial score (nSPS) is 24.8. The molecule has 1 aliphatic carbocycles. The van der Waals surface area contributed by atoms with Gasteiger partial charge in [-0.15, -0.1) is 4.28 Å². The van der Waals surface area contributed by atoms with Gasteiger partial charge in [-0.3, -0.25) is 9.63 Å². The second kappa shape index (κ2) is 15.3. The highest BCUT2D eigenvalue weighted by Crippen LogP contribution is 2.43. The highest BCUT2D eigenvalue weighted by atomic mass is 32.3. The highest BCUT2D eigenvalue weighted by Gasteiger charge is 2.54. The molecule has 2 bridgehead atoms. The molecule has 12 heteroatoms. The van der Waals surface area contributed by atoms with Gasteiger partial charge in [0, 0.05) is 12.1 Å². The van der Waals surface area contributed by atoms with Crippen LogP contribution in [0.15, 0.2) is 0 Å². The molecule has 3 fully saturated rings. The monoisotopic (exact) mass is 602 g/mol. The van der Waals surface area contributed by atoms with Crippen molar-refractivity contribution in [1.29, 1.82) is 0 Å². The maximum atomic E-state index is 13.6. The quantitative estimate of drug-likeness (QED) is 0.203. The van der Waals surface area contributed by atoms with Crippen LogP contribution in [0.25, 0.3) is 0 Å². The standard InChI is InChI=1S/C29H54N4O7S/c1-5-9-20-28(30,18-7-3)29(19-8-4,21-10-6-2)39-41(36,37)40-33-23-16-17-25(32(22-23)27(33)35)26(34)31-38-24-14-12-11-13-15-24/h23-25H,5-22,30H2,1-4H3,(H,31,34)/t23-,25-,28?,29?/m0/s1. The molecule has 0 aromatic carbocycles. The van der Waals surface area contributed by atoms with E-state index in [-0.39, 0.29) is 12.6 Å². The van der Waals surface area contributed by atoms with Crippen LogP contribution in [0.1, 0.15) is 137 Å². The van der Waals surface area contributed by atoms with Gasteiger partial charge in [-0.1, -0.05) is 85.5 Å². The third kappa shape index (κ3) is 8.34. The first kappa shape index (κ1) is 34.0. The summed E-state index contributed by atoms with van der Waals surface area (Å²) in [4.78, 5) is 33.3. The van der Waals surface area contributed by atoms with E-state index in [1.165, 1.54) is 11.3 Å². The van der Waals surface area contributed by atoms with Gasteiger partial charge in [-0.25, -0.2) is 14.5 Å². The fourth-order valence-corrected chi connectivity index (χ4v) is 8.01. The van der Waals surface area contributed by atoms with Crippen molar-refractivity contribution in [2.24, 2.45) is 5.73 Å². The molecule has 41 heavy (non-hydrogen) atoms. The lowest BCUT2D eigenvalue weighted by Gasteiger charge is -2.48. The summed E-state index contributed by atoms with van der Waals surface area (Å²) < 4.78 is 38.6. The van der Waals surface area contributed by atoms with E-state index in [0.29, 0.717) is 44.9 Å². The summed E-state index contributed by atoms with van der Waals surface area (Å²) in [6, 6.07) is -1.91. The number of nitrogens with two attached hydrogens (primary N) is 1. The molecular formula is C29H54N4O7S. The van der Waals surface area contributed by atoms with Crippen LogP contribution >= 0.6 is 0 Å². The van der Waals surface area contributed by atoms with E-state index < -0.39 is 45.6 Å². The van der Waals surface area contributed by atoms with Crippen molar-refractivity contribution in [3.8, 4) is 0 Å². The summed E-state index contributed by atoms with van der Waals surface area (Å²) in [6.45, 7) is 8.37. The van der Waals surface area contributed by atoms with Gasteiger partial charge in [0.1, 0.15) is 11.6 Å². The number of nitrogens with one attached hydrogen (secondary N) is 1. The fraction of sp³-hybridized carbons (Fsp3) is 0.931. The van der Waals surface area contributed by atoms with Crippen LogP contribution in [0.2, 0.25) is 0 Å². The van der Waals surface area contributed by atoms with E-state index in [9.17, 15) is 18.0 Å². The molecule has 238 valence electrons. The minimum absolute atomic E-state index is 0.0174. The van der Waals surface area contributed by atoms with Gasteiger partial charge in [0.25, 0.3) is 5.91 Å². The Hall–Kier alpha value is -1.47. The van der Waals surface area contributed by atoms with Gasteiger partial charge in [0.05, 0.1) is 12.1 Å². The van der Waals surface area contributed by atoms with Crippen molar-refractivity contribution in [3.63, 3.8) is 0 Å². The molecule has 11 nitrogen and oxygen atoms in total. The second-order valence-electron chi connectivity index (χ2n) is 12.3. The van der Waals surface area contributed by atoms with Gasteiger partial charge in [-0.2, -0.15) is 13.5 Å². The summed E-state index contributed by atoms with van der Waals surface area (Å²) in [5.41, 5.74) is 7.60. The lowest BCUT2D eigenvalue weighted by atomic mass is 9.69. The van der Waals surface area contributed by atoms with E-state index in [1.54, 1.807) is 0 Å². The molecule has 4 atom stereocenters. The summed E-state index contributed by atoms with van der Waals surface area (Å²) >= 11 is 0. The third-order valence-electron chi connectivity index (χ3n) is 9.11. The zero-order valence-electron chi connectivity index (χ0n) is 25.7. The second-order valence-corrected chi connectivity index (χ2v) is 13.4. The Morgan fingerprint density at radius 3 is 2.22 bits per heavy atom. The van der Waals surface area contributed by atoms with Crippen LogP contribution in [-0.4, -0.2) is 66.2 Å². The molecule has 2 aliphatic heterocycles. The molecule has 2 heterocycles. The van der Waals surface area contributed by atoms with E-state index in [0.717, 1.165) is 62.9 Å². The number of carbonyl (C=O) groups is 2. The number of hydroxylamine groups is 3. The van der Waals surface area contributed by atoms with Crippen LogP contribution < -0.4 is 11.2 Å². The van der Waals surface area contributed by atoms with Crippen LogP contribution in [0, 0.1) is 0 Å². The van der Waals surface area contributed by atoms with Crippen LogP contribution in [0.4, 0.5) is 4.79 Å². The van der Waals surface area contributed by atoms with Crippen LogP contribution in [0.3, 0.4) is 0 Å². The Morgan fingerprint density at radius 1 is 0.927 bits per heavy atom. The van der Waals surface area contributed by atoms with Crippen molar-refractivity contribution in [2.75, 3.05) is 6.54 Å². The Bertz CT molecular complexity index is 961. The predicted octanol–water partition coefficient (Wildman–Crippen LogP) is 5.25. The van der Waals surface area contributed by atoms with Gasteiger partial charge >= 0.3 is 16.4 Å². The topological polar surface area (TPSA) is 140 Å². The average Bonchev–Trinajstić information content (AvgIpc) is 3.18. The largest absolute Gasteiger partial charge is 0.421 e. The van der Waals surface area contributed by atoms with E-state index >= 15 is 0 Å². The molecule has 0 spiro atoms. The van der Waals surface area contributed by atoms with E-state index in [4.69, 9.17) is 19.0 Å². The number of fused-ring (bicyclic) bond motifs is 2. The summed E-state index contributed by atoms with van der Waals surface area (Å²) in [5.74, 6) is -0.395. The maximum absolute atomic E-state index is 13.6. The molecule has 1 saturated carbocycles. The Kier molecular flexibility index (Phi) is 12.7. The van der Waals surface area contributed by atoms with E-state index in [2.05, 4.69) is 19.3 Å². The zero-order chi connectivity index (χ0) is 30.1. The Balaban J connectivity index is 1.74. The SMILES string of the molecule is CCCCC(N)(CCC)C(CCC)(CCCC)OS(=O)(=O)ON1C(=O)N2C[C@@H]1CC[C@H]2C(=O)NOC1CCCCC1. The summed E-state index contributed by atoms with van der Waals surface area (Å²) in [7, 11) is -4.66. The molecule has 3 rings (SSSR count). The summed E-state index contributed by atoms with van der Waals surface area (Å²) in [6.07, 6.45) is 13.0. The Labute approximate surface area is 247 Å². The number of carbonyl (C=O) groups excluding carboxylic acids is 2. The van der Waals surface area contributed by atoms with Gasteiger partial charge in [0.2, 0.25) is 0 Å². The molecule has 3 aliphatic rings. The van der Waals surface area contributed by atoms with Gasteiger partial charge in [0.15, 0.2) is 0 Å². The number of unbranched alkanes of at least 4 members (excludes halogenated alkanes) is 2. The average molecular weight is 603 g/mol. The third-order valence-corrected chi connectivity index (χ3v) is 9.97. The molecule has 0 aromatic heterocycles. The number of piperidine rings is 1. The van der Waals surface area contributed by atoms with Crippen molar-refractivity contribution in [1.82, 2.24) is 15.4 Å². The molecule has 3 N–H and O–H groups in total. The molecule has 0 aromatic rings. The van der Waals surface area contributed by atoms with Gasteiger partial charge < -0.3 is 10.6 Å². The number of hydrogen-bond donors (Lipinski definition) is 2. The first-order chi connectivity index (χ1) is 19.5.